The van der Waals surface area contributed by atoms with E-state index in [9.17, 15) is 0 Å². The molecule has 0 saturated heterocycles. The van der Waals surface area contributed by atoms with Gasteiger partial charge in [-0.1, -0.05) is 21.7 Å². The first-order valence-electron chi connectivity index (χ1n) is 2.73. The molecule has 0 atom stereocenters. The molecule has 10 heavy (non-hydrogen) atoms. The molecule has 1 aromatic rings. The summed E-state index contributed by atoms with van der Waals surface area (Å²) >= 11 is 11.0. The van der Waals surface area contributed by atoms with Gasteiger partial charge in [0.15, 0.2) is 0 Å². The Labute approximate surface area is 75.4 Å². The van der Waals surface area contributed by atoms with Gasteiger partial charge in [-0.05, 0) is 12.1 Å². The predicted octanol–water partition coefficient (Wildman–Crippen LogP) is 2.61. The van der Waals surface area contributed by atoms with Crippen LogP contribution in [0.25, 0.3) is 0 Å². The zero-order valence-corrected chi connectivity index (χ0v) is 7.56. The van der Waals surface area contributed by atoms with Crippen molar-refractivity contribution >= 4 is 40.1 Å². The summed E-state index contributed by atoms with van der Waals surface area (Å²) in [6.07, 6.45) is 0. The topological polar surface area (TPSA) is 0 Å². The molecule has 0 aliphatic rings. The van der Waals surface area contributed by atoms with Crippen molar-refractivity contribution in [3.05, 3.63) is 30.3 Å². The second kappa shape index (κ2) is 3.91. The molecule has 1 rings (SSSR count). The lowest BCUT2D eigenvalue weighted by atomic mass is 10.4. The molecule has 0 saturated carbocycles. The second-order valence-electron chi connectivity index (χ2n) is 1.67. The fourth-order valence-electron chi connectivity index (χ4n) is 0.585. The van der Waals surface area contributed by atoms with Crippen LogP contribution in [0.3, 0.4) is 0 Å². The summed E-state index contributed by atoms with van der Waals surface area (Å²) in [6, 6.07) is 9.88. The van der Waals surface area contributed by atoms with E-state index in [1.54, 1.807) is 0 Å². The smallest absolute Gasteiger partial charge is 0.0106 e. The van der Waals surface area contributed by atoms with Gasteiger partial charge in [-0.25, -0.2) is 0 Å². The molecule has 3 heteroatoms. The zero-order valence-electron chi connectivity index (χ0n) is 5.11. The van der Waals surface area contributed by atoms with Gasteiger partial charge in [-0.15, -0.1) is 11.8 Å². The third-order valence-corrected chi connectivity index (χ3v) is 2.12. The lowest BCUT2D eigenvalue weighted by molar-refractivity contribution is 1.48. The summed E-state index contributed by atoms with van der Waals surface area (Å²) in [5.41, 5.74) is 0. The van der Waals surface area contributed by atoms with Gasteiger partial charge in [-0.2, -0.15) is 0 Å². The van der Waals surface area contributed by atoms with Crippen LogP contribution in [-0.4, -0.2) is 3.53 Å². The normalized spacial score (nSPS) is 9.20. The van der Waals surface area contributed by atoms with Crippen molar-refractivity contribution in [3.8, 4) is 0 Å². The van der Waals surface area contributed by atoms with Gasteiger partial charge in [0.05, 0.1) is 0 Å². The number of thioether (sulfide) groups is 1. The fraction of sp³-hybridized carbons (Fsp3) is 0. The first-order chi connectivity index (χ1) is 4.79. The Morgan fingerprint density at radius 3 is 2.40 bits per heavy atom. The Hall–Kier alpha value is -0.120. The van der Waals surface area contributed by atoms with E-state index >= 15 is 0 Å². The van der Waals surface area contributed by atoms with E-state index in [0.717, 1.165) is 4.90 Å². The minimum Gasteiger partial charge on any atom is -0.422 e. The molecule has 0 amide bonds. The third kappa shape index (κ3) is 2.64. The van der Waals surface area contributed by atoms with Gasteiger partial charge >= 0.3 is 0 Å². The minimum absolute atomic E-state index is 0.547. The fourth-order valence-corrected chi connectivity index (χ4v) is 1.65. The van der Waals surface area contributed by atoms with E-state index in [1.807, 2.05) is 30.3 Å². The lowest BCUT2D eigenvalue weighted by Crippen LogP contribution is -1.76. The van der Waals surface area contributed by atoms with E-state index in [2.05, 4.69) is 0 Å². The second-order valence-corrected chi connectivity index (χ2v) is 4.34. The number of hydrogen-bond acceptors (Lipinski definition) is 3. The summed E-state index contributed by atoms with van der Waals surface area (Å²) in [7, 11) is 0. The molecule has 0 bridgehead atoms. The van der Waals surface area contributed by atoms with Crippen LogP contribution in [0.5, 0.6) is 0 Å². The van der Waals surface area contributed by atoms with Crippen molar-refractivity contribution in [1.82, 2.24) is 0 Å². The molecule has 0 radical (unpaired) electrons. The van der Waals surface area contributed by atoms with Crippen LogP contribution in [-0.2, 0) is 12.6 Å². The minimum atomic E-state index is 0.547. The molecular formula is C7H5S3-. The van der Waals surface area contributed by atoms with E-state index in [-0.39, 0.29) is 0 Å². The maximum Gasteiger partial charge on any atom is 0.0106 e. The number of benzene rings is 1. The average Bonchev–Trinajstić information content (AvgIpc) is 1.88. The number of hydrogen-bond donors (Lipinski definition) is 0. The van der Waals surface area contributed by atoms with Crippen LogP contribution >= 0.6 is 24.0 Å². The highest BCUT2D eigenvalue weighted by molar-refractivity contribution is 8.36. The third-order valence-electron chi connectivity index (χ3n) is 0.944. The largest absolute Gasteiger partial charge is 0.422 e. The molecule has 0 N–H and O–H groups in total. The van der Waals surface area contributed by atoms with Crippen molar-refractivity contribution in [2.24, 2.45) is 0 Å². The SMILES string of the molecule is S=C([S-])Sc1ccccc1. The molecule has 1 aromatic carbocycles. The molecule has 0 nitrogen and oxygen atoms in total. The summed E-state index contributed by atoms with van der Waals surface area (Å²) in [5, 5.41) is 0. The standard InChI is InChI=1S/C7H6S3/c8-7(9)10-6-4-2-1-3-5-6/h1-5H,(H,8,9)/p-1. The average molecular weight is 185 g/mol. The molecule has 0 fully saturated rings. The predicted molar refractivity (Wildman–Crippen MR) is 52.3 cm³/mol. The monoisotopic (exact) mass is 185 g/mol. The van der Waals surface area contributed by atoms with Crippen LogP contribution in [0.2, 0.25) is 0 Å². The van der Waals surface area contributed by atoms with Gasteiger partial charge in [0.1, 0.15) is 0 Å². The first-order valence-corrected chi connectivity index (χ1v) is 4.36. The highest BCUT2D eigenvalue weighted by atomic mass is 32.2. The van der Waals surface area contributed by atoms with Crippen molar-refractivity contribution in [2.45, 2.75) is 4.90 Å². The molecule has 0 heterocycles. The summed E-state index contributed by atoms with van der Waals surface area (Å²) < 4.78 is 0.547. The Morgan fingerprint density at radius 2 is 1.90 bits per heavy atom. The summed E-state index contributed by atoms with van der Waals surface area (Å²) in [4.78, 5) is 1.11. The Balaban J connectivity index is 2.67. The Morgan fingerprint density at radius 1 is 1.30 bits per heavy atom. The van der Waals surface area contributed by atoms with Crippen LogP contribution in [0.1, 0.15) is 0 Å². The van der Waals surface area contributed by atoms with E-state index in [1.165, 1.54) is 11.8 Å². The van der Waals surface area contributed by atoms with Crippen LogP contribution < -0.4 is 0 Å². The summed E-state index contributed by atoms with van der Waals surface area (Å²) in [5.74, 6) is 0. The Bertz CT molecular complexity index is 218. The Kier molecular flexibility index (Phi) is 3.12. The van der Waals surface area contributed by atoms with Gasteiger partial charge in [-0.3, -0.25) is 0 Å². The molecule has 0 unspecified atom stereocenters. The van der Waals surface area contributed by atoms with Crippen LogP contribution in [0.4, 0.5) is 0 Å². The maximum atomic E-state index is 4.76. The van der Waals surface area contributed by atoms with Crippen molar-refractivity contribution < 1.29 is 0 Å². The highest BCUT2D eigenvalue weighted by Crippen LogP contribution is 2.17. The van der Waals surface area contributed by atoms with Gasteiger partial charge in [0.25, 0.3) is 0 Å². The van der Waals surface area contributed by atoms with Crippen LogP contribution in [0, 0.1) is 0 Å². The molecule has 0 aromatic heterocycles. The number of thiocarbonyl (C=S) groups is 1. The van der Waals surface area contributed by atoms with Gasteiger partial charge in [0.2, 0.25) is 0 Å². The van der Waals surface area contributed by atoms with E-state index < -0.39 is 0 Å². The van der Waals surface area contributed by atoms with Crippen molar-refractivity contribution in [1.29, 1.82) is 0 Å². The van der Waals surface area contributed by atoms with Crippen molar-refractivity contribution in [2.75, 3.05) is 0 Å². The van der Waals surface area contributed by atoms with Gasteiger partial charge in [0, 0.05) is 4.90 Å². The summed E-state index contributed by atoms with van der Waals surface area (Å²) in [6.45, 7) is 0. The lowest BCUT2D eigenvalue weighted by Gasteiger charge is -2.02. The molecule has 0 aliphatic heterocycles. The maximum absolute atomic E-state index is 4.76. The van der Waals surface area contributed by atoms with E-state index in [4.69, 9.17) is 24.8 Å². The first kappa shape index (κ1) is 7.98. The molecule has 0 aliphatic carbocycles. The van der Waals surface area contributed by atoms with Crippen molar-refractivity contribution in [3.63, 3.8) is 0 Å². The van der Waals surface area contributed by atoms with E-state index in [0.29, 0.717) is 3.53 Å². The molecular weight excluding hydrogens is 180 g/mol. The van der Waals surface area contributed by atoms with Gasteiger partial charge < -0.3 is 24.8 Å². The highest BCUT2D eigenvalue weighted by Gasteiger charge is 1.85. The number of rotatable bonds is 1. The zero-order chi connectivity index (χ0) is 7.40. The molecule has 52 valence electrons. The quantitative estimate of drug-likeness (QED) is 0.375. The molecule has 0 spiro atoms. The van der Waals surface area contributed by atoms with Crippen LogP contribution in [0.15, 0.2) is 35.2 Å².